The van der Waals surface area contributed by atoms with Gasteiger partial charge in [-0.05, 0) is 0 Å². The van der Waals surface area contributed by atoms with Crippen LogP contribution in [0.5, 0.6) is 0 Å². The molecule has 3 radical (unpaired) electrons. The van der Waals surface area contributed by atoms with Gasteiger partial charge in [-0.25, -0.2) is 0 Å². The van der Waals surface area contributed by atoms with Crippen molar-refractivity contribution < 1.29 is 42.8 Å². The second kappa shape index (κ2) is 18.9. The van der Waals surface area contributed by atoms with E-state index in [0.717, 1.165) is 0 Å². The molecule has 0 nitrogen and oxygen atoms in total. The van der Waals surface area contributed by atoms with Gasteiger partial charge in [0.2, 0.25) is 0 Å². The number of rotatable bonds is 0. The molecule has 3 heteroatoms. The minimum atomic E-state index is 0. The van der Waals surface area contributed by atoms with Crippen LogP contribution in [0.1, 0.15) is 7.43 Å². The molecule has 0 N–H and O–H groups in total. The summed E-state index contributed by atoms with van der Waals surface area (Å²) in [6.07, 6.45) is 0. The predicted octanol–water partition coefficient (Wildman–Crippen LogP) is -0.285. The second-order valence-electron chi connectivity index (χ2n) is 0. The van der Waals surface area contributed by atoms with Gasteiger partial charge in [0, 0.05) is 42.8 Å². The standard InChI is InChI=1S/CH4.Pd.Sn.Ta.2H/h1H4;;;;;. The summed E-state index contributed by atoms with van der Waals surface area (Å²) < 4.78 is 0. The van der Waals surface area contributed by atoms with Gasteiger partial charge in [-0.1, -0.05) is 7.43 Å². The van der Waals surface area contributed by atoms with E-state index in [1.165, 1.54) is 0 Å². The molecule has 0 aromatic heterocycles. The Kier molecular flexibility index (Phi) is 164. The smallest absolute Gasteiger partial charge is 0 e. The third-order valence-electron chi connectivity index (χ3n) is 0. The van der Waals surface area contributed by atoms with E-state index in [9.17, 15) is 0 Å². The summed E-state index contributed by atoms with van der Waals surface area (Å²) in [5, 5.41) is 0. The molecule has 0 aliphatic carbocycles. The van der Waals surface area contributed by atoms with Gasteiger partial charge < -0.3 is 0 Å². The fourth-order valence-electron chi connectivity index (χ4n) is 0. The summed E-state index contributed by atoms with van der Waals surface area (Å²) >= 11 is 0. The molecular weight excluding hydrogens is 418 g/mol. The van der Waals surface area contributed by atoms with Crippen LogP contribution in [-0.2, 0) is 42.8 Å². The molecular formula is CH6PdSnTa. The third kappa shape index (κ3) is 8.89. The zero-order valence-electron chi connectivity index (χ0n) is 1.47. The summed E-state index contributed by atoms with van der Waals surface area (Å²) in [4.78, 5) is 0. The van der Waals surface area contributed by atoms with Gasteiger partial charge in [0.05, 0.1) is 0 Å². The minimum Gasteiger partial charge on any atom is 0 e. The molecule has 0 saturated heterocycles. The predicted molar refractivity (Wildman–Crippen MR) is 15.3 cm³/mol. The largest absolute Gasteiger partial charge is 0 e. The molecule has 0 rings (SSSR count). The average molecular weight is 424 g/mol. The monoisotopic (exact) mass is 425 g/mol. The zero-order valence-corrected chi connectivity index (χ0v) is 10.3. The van der Waals surface area contributed by atoms with Crippen LogP contribution in [0, 0.1) is 0 Å². The quantitative estimate of drug-likeness (QED) is 0.470. The summed E-state index contributed by atoms with van der Waals surface area (Å²) in [7, 11) is 0. The van der Waals surface area contributed by atoms with E-state index < -0.39 is 0 Å². The van der Waals surface area contributed by atoms with E-state index in [-0.39, 0.29) is 74.1 Å². The number of hydrogen-bond acceptors (Lipinski definition) is 0. The van der Waals surface area contributed by atoms with Crippen molar-refractivity contribution in [1.82, 2.24) is 0 Å². The fraction of sp³-hybridized carbons (Fsp3) is 1.00. The SMILES string of the molecule is C.[Pd].[SnH2].[Ta]. The maximum Gasteiger partial charge on any atom is 0 e. The summed E-state index contributed by atoms with van der Waals surface area (Å²) in [6.45, 7) is 0. The van der Waals surface area contributed by atoms with Crippen LogP contribution < -0.4 is 0 Å². The summed E-state index contributed by atoms with van der Waals surface area (Å²) in [5.41, 5.74) is 0. The van der Waals surface area contributed by atoms with E-state index in [1.807, 2.05) is 0 Å². The van der Waals surface area contributed by atoms with Crippen molar-refractivity contribution >= 4 is 23.9 Å². The Morgan fingerprint density at radius 1 is 1.00 bits per heavy atom. The van der Waals surface area contributed by atoms with E-state index in [2.05, 4.69) is 0 Å². The molecule has 0 saturated carbocycles. The van der Waals surface area contributed by atoms with E-state index in [1.54, 1.807) is 0 Å². The molecule has 0 amide bonds. The van der Waals surface area contributed by atoms with Crippen LogP contribution in [0.25, 0.3) is 0 Å². The molecule has 0 aromatic carbocycles. The molecule has 0 fully saturated rings. The second-order valence-corrected chi connectivity index (χ2v) is 0. The van der Waals surface area contributed by atoms with Gasteiger partial charge >= 0.3 is 23.9 Å². The van der Waals surface area contributed by atoms with E-state index in [4.69, 9.17) is 0 Å². The van der Waals surface area contributed by atoms with Gasteiger partial charge in [-0.3, -0.25) is 0 Å². The molecule has 0 unspecified atom stereocenters. The first-order chi connectivity index (χ1) is 0. The van der Waals surface area contributed by atoms with Crippen molar-refractivity contribution in [3.63, 3.8) is 0 Å². The molecule has 0 heterocycles. The van der Waals surface area contributed by atoms with Crippen molar-refractivity contribution in [3.8, 4) is 0 Å². The van der Waals surface area contributed by atoms with Crippen molar-refractivity contribution in [2.24, 2.45) is 0 Å². The van der Waals surface area contributed by atoms with Gasteiger partial charge in [0.25, 0.3) is 0 Å². The average Bonchev–Trinajstić information content (AvgIpc) is 0. The molecule has 0 spiro atoms. The van der Waals surface area contributed by atoms with E-state index >= 15 is 0 Å². The third-order valence-corrected chi connectivity index (χ3v) is 0. The zero-order chi connectivity index (χ0) is 0. The van der Waals surface area contributed by atoms with Crippen LogP contribution in [0.4, 0.5) is 0 Å². The summed E-state index contributed by atoms with van der Waals surface area (Å²) in [5.74, 6) is 0. The van der Waals surface area contributed by atoms with Gasteiger partial charge in [-0.15, -0.1) is 0 Å². The van der Waals surface area contributed by atoms with Crippen LogP contribution in [-0.4, -0.2) is 23.9 Å². The fourth-order valence-corrected chi connectivity index (χ4v) is 0. The van der Waals surface area contributed by atoms with E-state index in [0.29, 0.717) is 0 Å². The molecule has 0 atom stereocenters. The van der Waals surface area contributed by atoms with Crippen LogP contribution in [0.2, 0.25) is 0 Å². The Morgan fingerprint density at radius 3 is 1.00 bits per heavy atom. The van der Waals surface area contributed by atoms with Crippen LogP contribution in [0.3, 0.4) is 0 Å². The molecule has 0 aliphatic heterocycles. The first-order valence-electron chi connectivity index (χ1n) is 0. The number of hydrogen-bond donors (Lipinski definition) is 0. The normalized spacial score (nSPS) is 0. The van der Waals surface area contributed by atoms with Crippen molar-refractivity contribution in [1.29, 1.82) is 0 Å². The summed E-state index contributed by atoms with van der Waals surface area (Å²) in [6, 6.07) is 0. The topological polar surface area (TPSA) is 0 Å². The van der Waals surface area contributed by atoms with Gasteiger partial charge in [0.15, 0.2) is 0 Å². The molecule has 4 heavy (non-hydrogen) atoms. The Bertz CT molecular complexity index is 8.00. The maximum atomic E-state index is 0. The van der Waals surface area contributed by atoms with Crippen LogP contribution >= 0.6 is 0 Å². The molecule has 0 bridgehead atoms. The first-order valence-corrected chi connectivity index (χ1v) is 0. The van der Waals surface area contributed by atoms with Gasteiger partial charge in [0.1, 0.15) is 0 Å². The van der Waals surface area contributed by atoms with Crippen molar-refractivity contribution in [3.05, 3.63) is 0 Å². The Morgan fingerprint density at radius 2 is 1.00 bits per heavy atom. The Labute approximate surface area is 73.2 Å². The minimum absolute atomic E-state index is 0. The molecule has 0 aliphatic rings. The first kappa shape index (κ1) is 34.6. The van der Waals surface area contributed by atoms with Gasteiger partial charge in [-0.2, -0.15) is 0 Å². The van der Waals surface area contributed by atoms with Crippen LogP contribution in [0.15, 0.2) is 0 Å². The molecule has 29 valence electrons. The van der Waals surface area contributed by atoms with Crippen molar-refractivity contribution in [2.45, 2.75) is 7.43 Å². The molecule has 0 aromatic rings. The Balaban J connectivity index is 0. The maximum absolute atomic E-state index is 0. The van der Waals surface area contributed by atoms with Crippen molar-refractivity contribution in [2.75, 3.05) is 0 Å². The Hall–Kier alpha value is 2.20.